The summed E-state index contributed by atoms with van der Waals surface area (Å²) in [5.41, 5.74) is 1.94. The minimum Gasteiger partial charge on any atom is -0.492 e. The van der Waals surface area contributed by atoms with Crippen molar-refractivity contribution in [1.82, 2.24) is 25.0 Å². The number of carbonyl (C=O) groups is 1. The zero-order chi connectivity index (χ0) is 19.1. The Balaban J connectivity index is 1.47. The topological polar surface area (TPSA) is 72.3 Å². The van der Waals surface area contributed by atoms with E-state index >= 15 is 0 Å². The molecule has 7 nitrogen and oxygen atoms in total. The third-order valence-electron chi connectivity index (χ3n) is 4.20. The number of hydrogen-bond donors (Lipinski definition) is 1. The maximum absolute atomic E-state index is 12.4. The average molecular weight is 365 g/mol. The Hall–Kier alpha value is -3.35. The van der Waals surface area contributed by atoms with Crippen molar-refractivity contribution in [2.75, 3.05) is 20.2 Å². The summed E-state index contributed by atoms with van der Waals surface area (Å²) in [7, 11) is 1.75. The van der Waals surface area contributed by atoms with Crippen LogP contribution in [0.15, 0.2) is 67.3 Å². The van der Waals surface area contributed by atoms with E-state index in [1.165, 1.54) is 6.33 Å². The maximum atomic E-state index is 12.4. The molecule has 0 saturated carbocycles. The van der Waals surface area contributed by atoms with Crippen molar-refractivity contribution in [3.8, 4) is 11.4 Å². The number of hydrogen-bond acceptors (Lipinski definition) is 4. The van der Waals surface area contributed by atoms with Crippen molar-refractivity contribution in [2.45, 2.75) is 13.0 Å². The van der Waals surface area contributed by atoms with Gasteiger partial charge in [-0.1, -0.05) is 30.3 Å². The fourth-order valence-corrected chi connectivity index (χ4v) is 2.55. The Labute approximate surface area is 158 Å². The van der Waals surface area contributed by atoms with Gasteiger partial charge in [0, 0.05) is 7.05 Å². The molecular formula is C20H23N5O2. The van der Waals surface area contributed by atoms with Crippen LogP contribution in [-0.4, -0.2) is 45.9 Å². The first-order chi connectivity index (χ1) is 13.1. The lowest BCUT2D eigenvalue weighted by Crippen LogP contribution is -2.40. The van der Waals surface area contributed by atoms with Crippen LogP contribution in [0.4, 0.5) is 4.79 Å². The highest BCUT2D eigenvalue weighted by Gasteiger charge is 2.13. The molecule has 0 aliphatic heterocycles. The molecular weight excluding hydrogens is 342 g/mol. The predicted molar refractivity (Wildman–Crippen MR) is 103 cm³/mol. The molecule has 2 amide bonds. The zero-order valence-electron chi connectivity index (χ0n) is 15.4. The van der Waals surface area contributed by atoms with Crippen molar-refractivity contribution in [1.29, 1.82) is 0 Å². The SMILES string of the molecule is CC(NC(=O)N(C)CCOc1ccccc1)c1ccc(-n2cncn2)cc1. The van der Waals surface area contributed by atoms with Crippen molar-refractivity contribution >= 4 is 6.03 Å². The second kappa shape index (κ2) is 8.84. The molecule has 7 heteroatoms. The first-order valence-electron chi connectivity index (χ1n) is 8.78. The Morgan fingerprint density at radius 3 is 2.59 bits per heavy atom. The number of amides is 2. The summed E-state index contributed by atoms with van der Waals surface area (Å²) in [6.07, 6.45) is 3.14. The molecule has 0 fully saturated rings. The Bertz CT molecular complexity index is 835. The van der Waals surface area contributed by atoms with E-state index in [0.29, 0.717) is 13.2 Å². The highest BCUT2D eigenvalue weighted by Crippen LogP contribution is 2.15. The van der Waals surface area contributed by atoms with Crippen LogP contribution in [0.1, 0.15) is 18.5 Å². The van der Waals surface area contributed by atoms with Gasteiger partial charge >= 0.3 is 6.03 Å². The van der Waals surface area contributed by atoms with Gasteiger partial charge in [-0.05, 0) is 36.8 Å². The van der Waals surface area contributed by atoms with Gasteiger partial charge in [0.1, 0.15) is 25.0 Å². The van der Waals surface area contributed by atoms with Gasteiger partial charge in [0.15, 0.2) is 0 Å². The Morgan fingerprint density at radius 2 is 1.93 bits per heavy atom. The van der Waals surface area contributed by atoms with E-state index < -0.39 is 0 Å². The molecule has 1 aromatic heterocycles. The quantitative estimate of drug-likeness (QED) is 0.698. The second-order valence-electron chi connectivity index (χ2n) is 6.19. The van der Waals surface area contributed by atoms with Crippen LogP contribution in [0.3, 0.4) is 0 Å². The van der Waals surface area contributed by atoms with E-state index in [2.05, 4.69) is 15.4 Å². The third-order valence-corrected chi connectivity index (χ3v) is 4.20. The second-order valence-corrected chi connectivity index (χ2v) is 6.19. The van der Waals surface area contributed by atoms with Crippen LogP contribution >= 0.6 is 0 Å². The van der Waals surface area contributed by atoms with Gasteiger partial charge in [-0.3, -0.25) is 0 Å². The molecule has 0 bridgehead atoms. The summed E-state index contributed by atoms with van der Waals surface area (Å²) < 4.78 is 7.32. The summed E-state index contributed by atoms with van der Waals surface area (Å²) in [5.74, 6) is 0.798. The van der Waals surface area contributed by atoms with Crippen molar-refractivity contribution in [3.05, 3.63) is 72.8 Å². The lowest BCUT2D eigenvalue weighted by molar-refractivity contribution is 0.192. The normalized spacial score (nSPS) is 11.6. The minimum absolute atomic E-state index is 0.111. The van der Waals surface area contributed by atoms with Crippen LogP contribution in [-0.2, 0) is 0 Å². The molecule has 27 heavy (non-hydrogen) atoms. The standard InChI is InChI=1S/C20H23N5O2/c1-16(17-8-10-18(11-9-17)25-15-21-14-22-25)23-20(26)24(2)12-13-27-19-6-4-3-5-7-19/h3-11,14-16H,12-13H2,1-2H3,(H,23,26). The molecule has 2 aromatic carbocycles. The van der Waals surface area contributed by atoms with E-state index in [0.717, 1.165) is 17.0 Å². The molecule has 1 atom stereocenters. The van der Waals surface area contributed by atoms with Crippen LogP contribution in [0.25, 0.3) is 5.69 Å². The molecule has 1 unspecified atom stereocenters. The first kappa shape index (κ1) is 18.4. The van der Waals surface area contributed by atoms with Crippen molar-refractivity contribution < 1.29 is 9.53 Å². The monoisotopic (exact) mass is 365 g/mol. The molecule has 1 N–H and O–H groups in total. The van der Waals surface area contributed by atoms with Crippen LogP contribution in [0.2, 0.25) is 0 Å². The van der Waals surface area contributed by atoms with E-state index in [1.807, 2.05) is 61.5 Å². The van der Waals surface area contributed by atoms with Crippen LogP contribution in [0.5, 0.6) is 5.75 Å². The lowest BCUT2D eigenvalue weighted by atomic mass is 10.1. The smallest absolute Gasteiger partial charge is 0.317 e. The number of para-hydroxylation sites is 1. The number of likely N-dealkylation sites (N-methyl/N-ethyl adjacent to an activating group) is 1. The summed E-state index contributed by atoms with van der Waals surface area (Å²) in [5, 5.41) is 7.10. The number of carbonyl (C=O) groups excluding carboxylic acids is 1. The van der Waals surface area contributed by atoms with Crippen LogP contribution < -0.4 is 10.1 Å². The molecule has 0 aliphatic rings. The lowest BCUT2D eigenvalue weighted by Gasteiger charge is -2.22. The largest absolute Gasteiger partial charge is 0.492 e. The molecule has 0 spiro atoms. The van der Waals surface area contributed by atoms with E-state index in [-0.39, 0.29) is 12.1 Å². The van der Waals surface area contributed by atoms with Crippen LogP contribution in [0, 0.1) is 0 Å². The molecule has 3 rings (SSSR count). The van der Waals surface area contributed by atoms with Crippen molar-refractivity contribution in [2.24, 2.45) is 0 Å². The number of nitrogens with zero attached hydrogens (tertiary/aromatic N) is 4. The molecule has 0 radical (unpaired) electrons. The number of ether oxygens (including phenoxy) is 1. The number of benzene rings is 2. The summed E-state index contributed by atoms with van der Waals surface area (Å²) >= 11 is 0. The molecule has 1 heterocycles. The fraction of sp³-hybridized carbons (Fsp3) is 0.250. The molecule has 140 valence electrons. The number of rotatable bonds is 7. The summed E-state index contributed by atoms with van der Waals surface area (Å²) in [6, 6.07) is 17.2. The van der Waals surface area contributed by atoms with E-state index in [1.54, 1.807) is 23.0 Å². The highest BCUT2D eigenvalue weighted by molar-refractivity contribution is 5.74. The number of nitrogens with one attached hydrogen (secondary N) is 1. The molecule has 3 aromatic rings. The van der Waals surface area contributed by atoms with Gasteiger partial charge in [0.25, 0.3) is 0 Å². The Morgan fingerprint density at radius 1 is 1.19 bits per heavy atom. The fourth-order valence-electron chi connectivity index (χ4n) is 2.55. The summed E-state index contributed by atoms with van der Waals surface area (Å²) in [4.78, 5) is 17.9. The maximum Gasteiger partial charge on any atom is 0.317 e. The van der Waals surface area contributed by atoms with Gasteiger partial charge in [-0.25, -0.2) is 14.5 Å². The average Bonchev–Trinajstić information content (AvgIpc) is 3.23. The minimum atomic E-state index is -0.139. The van der Waals surface area contributed by atoms with Crippen molar-refractivity contribution in [3.63, 3.8) is 0 Å². The van der Waals surface area contributed by atoms with Gasteiger partial charge < -0.3 is 15.0 Å². The number of urea groups is 1. The zero-order valence-corrected chi connectivity index (χ0v) is 15.4. The van der Waals surface area contributed by atoms with E-state index in [9.17, 15) is 4.79 Å². The van der Waals surface area contributed by atoms with Gasteiger partial charge in [-0.15, -0.1) is 0 Å². The highest BCUT2D eigenvalue weighted by atomic mass is 16.5. The Kier molecular flexibility index (Phi) is 6.04. The van der Waals surface area contributed by atoms with E-state index in [4.69, 9.17) is 4.74 Å². The number of aromatic nitrogens is 3. The first-order valence-corrected chi connectivity index (χ1v) is 8.78. The van der Waals surface area contributed by atoms with Gasteiger partial charge in [-0.2, -0.15) is 5.10 Å². The predicted octanol–water partition coefficient (Wildman–Crippen LogP) is 3.05. The summed E-state index contributed by atoms with van der Waals surface area (Å²) in [6.45, 7) is 2.89. The van der Waals surface area contributed by atoms with Gasteiger partial charge in [0.05, 0.1) is 18.3 Å². The molecule has 0 aliphatic carbocycles. The third kappa shape index (κ3) is 5.07. The molecule has 0 saturated heterocycles. The van der Waals surface area contributed by atoms with Gasteiger partial charge in [0.2, 0.25) is 0 Å².